The SMILES string of the molecule is CC(CCC(=O)O)CNC(=O)NC1C2C3CCC(C3)C12. The first-order chi connectivity index (χ1) is 9.56. The lowest BCUT2D eigenvalue weighted by molar-refractivity contribution is -0.137. The van der Waals surface area contributed by atoms with Crippen LogP contribution in [0.15, 0.2) is 0 Å². The summed E-state index contributed by atoms with van der Waals surface area (Å²) in [4.78, 5) is 22.3. The summed E-state index contributed by atoms with van der Waals surface area (Å²) in [5.74, 6) is 2.66. The molecule has 0 spiro atoms. The Bertz CT molecular complexity index is 396. The molecule has 112 valence electrons. The summed E-state index contributed by atoms with van der Waals surface area (Å²) in [6.07, 6.45) is 4.88. The minimum Gasteiger partial charge on any atom is -0.481 e. The van der Waals surface area contributed by atoms with E-state index in [0.29, 0.717) is 19.0 Å². The van der Waals surface area contributed by atoms with Gasteiger partial charge in [-0.15, -0.1) is 0 Å². The molecule has 0 saturated heterocycles. The lowest BCUT2D eigenvalue weighted by Gasteiger charge is -2.14. The highest BCUT2D eigenvalue weighted by Crippen LogP contribution is 2.65. The van der Waals surface area contributed by atoms with Gasteiger partial charge in [0.05, 0.1) is 0 Å². The van der Waals surface area contributed by atoms with Gasteiger partial charge >= 0.3 is 12.0 Å². The van der Waals surface area contributed by atoms with Gasteiger partial charge in [0.2, 0.25) is 0 Å². The molecule has 3 aliphatic carbocycles. The molecule has 5 heteroatoms. The van der Waals surface area contributed by atoms with Crippen molar-refractivity contribution in [1.82, 2.24) is 10.6 Å². The van der Waals surface area contributed by atoms with Crippen molar-refractivity contribution in [2.45, 2.75) is 45.1 Å². The number of urea groups is 1. The van der Waals surface area contributed by atoms with Crippen molar-refractivity contribution in [1.29, 1.82) is 0 Å². The number of rotatable bonds is 6. The highest BCUT2D eigenvalue weighted by molar-refractivity contribution is 5.74. The number of amides is 2. The van der Waals surface area contributed by atoms with Crippen LogP contribution in [0.4, 0.5) is 4.79 Å². The minimum atomic E-state index is -0.775. The first-order valence-electron chi connectivity index (χ1n) is 7.82. The van der Waals surface area contributed by atoms with Crippen molar-refractivity contribution in [2.24, 2.45) is 29.6 Å². The van der Waals surface area contributed by atoms with E-state index in [1.807, 2.05) is 6.92 Å². The van der Waals surface area contributed by atoms with Crippen LogP contribution in [0.5, 0.6) is 0 Å². The van der Waals surface area contributed by atoms with E-state index >= 15 is 0 Å². The number of carbonyl (C=O) groups excluding carboxylic acids is 1. The number of carboxylic acids is 1. The third-order valence-corrected chi connectivity index (χ3v) is 5.50. The molecule has 5 unspecified atom stereocenters. The van der Waals surface area contributed by atoms with E-state index in [2.05, 4.69) is 10.6 Å². The Balaban J connectivity index is 1.34. The van der Waals surface area contributed by atoms with Gasteiger partial charge in [-0.2, -0.15) is 0 Å². The van der Waals surface area contributed by atoms with Crippen LogP contribution in [0.2, 0.25) is 0 Å². The average Bonchev–Trinajstić information content (AvgIpc) is 2.81. The fourth-order valence-corrected chi connectivity index (χ4v) is 4.46. The third-order valence-electron chi connectivity index (χ3n) is 5.50. The lowest BCUT2D eigenvalue weighted by Crippen LogP contribution is -2.40. The highest BCUT2D eigenvalue weighted by Gasteiger charge is 2.65. The number of hydrogen-bond acceptors (Lipinski definition) is 2. The predicted molar refractivity (Wildman–Crippen MR) is 74.2 cm³/mol. The predicted octanol–water partition coefficient (Wildman–Crippen LogP) is 1.83. The zero-order valence-corrected chi connectivity index (χ0v) is 12.0. The van der Waals surface area contributed by atoms with E-state index in [4.69, 9.17) is 5.11 Å². The normalized spacial score (nSPS) is 38.1. The molecule has 0 heterocycles. The molecule has 3 fully saturated rings. The summed E-state index contributed by atoms with van der Waals surface area (Å²) < 4.78 is 0. The molecule has 20 heavy (non-hydrogen) atoms. The number of aliphatic carboxylic acids is 1. The quantitative estimate of drug-likeness (QED) is 0.694. The molecular weight excluding hydrogens is 256 g/mol. The van der Waals surface area contributed by atoms with Crippen LogP contribution in [0.25, 0.3) is 0 Å². The van der Waals surface area contributed by atoms with Crippen LogP contribution in [-0.2, 0) is 4.79 Å². The summed E-state index contributed by atoms with van der Waals surface area (Å²) in [7, 11) is 0. The van der Waals surface area contributed by atoms with Gasteiger partial charge in [-0.25, -0.2) is 4.79 Å². The Kier molecular flexibility index (Phi) is 3.61. The van der Waals surface area contributed by atoms with Crippen LogP contribution in [0.1, 0.15) is 39.0 Å². The molecule has 0 aromatic carbocycles. The third kappa shape index (κ3) is 2.63. The van der Waals surface area contributed by atoms with Crippen LogP contribution in [-0.4, -0.2) is 29.7 Å². The number of carbonyl (C=O) groups is 2. The highest BCUT2D eigenvalue weighted by atomic mass is 16.4. The van der Waals surface area contributed by atoms with Gasteiger partial charge in [-0.05, 0) is 55.3 Å². The van der Waals surface area contributed by atoms with Gasteiger partial charge in [-0.3, -0.25) is 4.79 Å². The Morgan fingerprint density at radius 2 is 1.90 bits per heavy atom. The molecule has 0 aromatic rings. The smallest absolute Gasteiger partial charge is 0.315 e. The summed E-state index contributed by atoms with van der Waals surface area (Å²) in [6, 6.07) is 0.335. The van der Waals surface area contributed by atoms with Crippen molar-refractivity contribution in [3.8, 4) is 0 Å². The molecule has 0 aromatic heterocycles. The van der Waals surface area contributed by atoms with E-state index in [-0.39, 0.29) is 18.4 Å². The summed E-state index contributed by atoms with van der Waals surface area (Å²) in [6.45, 7) is 2.52. The zero-order chi connectivity index (χ0) is 14.3. The number of carboxylic acid groups (broad SMARTS) is 1. The molecule has 5 atom stereocenters. The Hall–Kier alpha value is -1.26. The molecule has 3 N–H and O–H groups in total. The number of fused-ring (bicyclic) bond motifs is 5. The Morgan fingerprint density at radius 1 is 1.25 bits per heavy atom. The van der Waals surface area contributed by atoms with E-state index in [0.717, 1.165) is 23.7 Å². The molecule has 3 saturated carbocycles. The van der Waals surface area contributed by atoms with E-state index in [1.165, 1.54) is 19.3 Å². The van der Waals surface area contributed by atoms with E-state index < -0.39 is 5.97 Å². The molecule has 3 rings (SSSR count). The molecular formula is C15H24N2O3. The first kappa shape index (κ1) is 13.7. The van der Waals surface area contributed by atoms with Crippen LogP contribution in [0.3, 0.4) is 0 Å². The first-order valence-corrected chi connectivity index (χ1v) is 7.82. The Labute approximate surface area is 119 Å². The molecule has 2 bridgehead atoms. The van der Waals surface area contributed by atoms with Gasteiger partial charge in [0.1, 0.15) is 0 Å². The topological polar surface area (TPSA) is 78.4 Å². The molecule has 5 nitrogen and oxygen atoms in total. The number of nitrogens with one attached hydrogen (secondary N) is 2. The van der Waals surface area contributed by atoms with Crippen molar-refractivity contribution >= 4 is 12.0 Å². The van der Waals surface area contributed by atoms with Gasteiger partial charge in [0, 0.05) is 19.0 Å². The van der Waals surface area contributed by atoms with Crippen molar-refractivity contribution in [3.63, 3.8) is 0 Å². The summed E-state index contributed by atoms with van der Waals surface area (Å²) in [5.41, 5.74) is 0. The maximum absolute atomic E-state index is 11.9. The van der Waals surface area contributed by atoms with Crippen molar-refractivity contribution in [3.05, 3.63) is 0 Å². The van der Waals surface area contributed by atoms with Gasteiger partial charge in [0.25, 0.3) is 0 Å². The second-order valence-electron chi connectivity index (χ2n) is 6.91. The molecule has 3 aliphatic rings. The van der Waals surface area contributed by atoms with Gasteiger partial charge in [0.15, 0.2) is 0 Å². The standard InChI is InChI=1S/C15H24N2O3/c1-8(2-5-11(18)19)7-16-15(20)17-14-12-9-3-4-10(6-9)13(12)14/h8-10,12-14H,2-7H2,1H3,(H,18,19)(H2,16,17,20). The van der Waals surface area contributed by atoms with Crippen molar-refractivity contribution < 1.29 is 14.7 Å². The molecule has 2 amide bonds. The molecule has 0 aliphatic heterocycles. The summed E-state index contributed by atoms with van der Waals surface area (Å²) >= 11 is 0. The van der Waals surface area contributed by atoms with E-state index in [9.17, 15) is 9.59 Å². The fourth-order valence-electron chi connectivity index (χ4n) is 4.46. The maximum Gasteiger partial charge on any atom is 0.315 e. The zero-order valence-electron chi connectivity index (χ0n) is 12.0. The number of hydrogen-bond donors (Lipinski definition) is 3. The monoisotopic (exact) mass is 280 g/mol. The maximum atomic E-state index is 11.9. The van der Waals surface area contributed by atoms with Gasteiger partial charge in [-0.1, -0.05) is 6.92 Å². The average molecular weight is 280 g/mol. The van der Waals surface area contributed by atoms with E-state index in [1.54, 1.807) is 0 Å². The molecule has 0 radical (unpaired) electrons. The minimum absolute atomic E-state index is 0.0778. The largest absolute Gasteiger partial charge is 0.481 e. The fraction of sp³-hybridized carbons (Fsp3) is 0.867. The Morgan fingerprint density at radius 3 is 2.50 bits per heavy atom. The van der Waals surface area contributed by atoms with Crippen LogP contribution < -0.4 is 10.6 Å². The van der Waals surface area contributed by atoms with Gasteiger partial charge < -0.3 is 15.7 Å². The van der Waals surface area contributed by atoms with Crippen molar-refractivity contribution in [2.75, 3.05) is 6.54 Å². The van der Waals surface area contributed by atoms with Crippen LogP contribution >= 0.6 is 0 Å². The summed E-state index contributed by atoms with van der Waals surface area (Å²) in [5, 5.41) is 14.6. The second kappa shape index (κ2) is 5.26. The lowest BCUT2D eigenvalue weighted by atomic mass is 10.0. The van der Waals surface area contributed by atoms with Crippen LogP contribution in [0, 0.1) is 29.6 Å². The second-order valence-corrected chi connectivity index (χ2v) is 6.91.